The molecule has 0 atom stereocenters. The fourth-order valence-electron chi connectivity index (χ4n) is 1.09. The summed E-state index contributed by atoms with van der Waals surface area (Å²) in [4.78, 5) is 22.0. The molecule has 0 heterocycles. The second kappa shape index (κ2) is 5.58. The van der Waals surface area contributed by atoms with Crippen LogP contribution < -0.4 is 5.32 Å². The molecule has 0 bridgehead atoms. The van der Waals surface area contributed by atoms with E-state index in [0.717, 1.165) is 0 Å². The van der Waals surface area contributed by atoms with Crippen molar-refractivity contribution >= 4 is 40.8 Å². The summed E-state index contributed by atoms with van der Waals surface area (Å²) in [5.74, 6) is 0.562. The molecule has 0 radical (unpaired) electrons. The second-order valence-electron chi connectivity index (χ2n) is 3.05. The summed E-state index contributed by atoms with van der Waals surface area (Å²) in [6.07, 6.45) is 4.85. The van der Waals surface area contributed by atoms with Gasteiger partial charge in [0.25, 0.3) is 0 Å². The van der Waals surface area contributed by atoms with Gasteiger partial charge in [0.1, 0.15) is 0 Å². The van der Waals surface area contributed by atoms with Gasteiger partial charge in [-0.3, -0.25) is 4.79 Å². The molecule has 88 valence electrons. The third-order valence-electron chi connectivity index (χ3n) is 1.82. The first kappa shape index (κ1) is 13.4. The molecule has 0 aliphatic carbocycles. The van der Waals surface area contributed by atoms with E-state index in [-0.39, 0.29) is 27.7 Å². The van der Waals surface area contributed by atoms with E-state index >= 15 is 0 Å². The van der Waals surface area contributed by atoms with Crippen molar-refractivity contribution in [2.45, 2.75) is 6.42 Å². The molecular formula is C11H7Cl2NO3. The first-order chi connectivity index (χ1) is 7.95. The number of benzene rings is 1. The van der Waals surface area contributed by atoms with Crippen molar-refractivity contribution in [3.8, 4) is 12.3 Å². The molecule has 0 aromatic heterocycles. The van der Waals surface area contributed by atoms with Gasteiger partial charge in [0.2, 0.25) is 5.91 Å². The number of carbonyl (C=O) groups is 2. The lowest BCUT2D eigenvalue weighted by Gasteiger charge is -2.09. The van der Waals surface area contributed by atoms with E-state index in [0.29, 0.717) is 0 Å². The molecule has 0 aliphatic rings. The van der Waals surface area contributed by atoms with Crippen molar-refractivity contribution in [2.75, 3.05) is 5.32 Å². The Morgan fingerprint density at radius 2 is 1.88 bits per heavy atom. The quantitative estimate of drug-likeness (QED) is 0.831. The van der Waals surface area contributed by atoms with E-state index in [2.05, 4.69) is 11.2 Å². The highest BCUT2D eigenvalue weighted by molar-refractivity contribution is 6.40. The largest absolute Gasteiger partial charge is 0.478 e. The molecule has 1 amide bonds. The zero-order valence-electron chi connectivity index (χ0n) is 8.46. The van der Waals surface area contributed by atoms with Crippen molar-refractivity contribution in [3.63, 3.8) is 0 Å². The molecule has 4 nitrogen and oxygen atoms in total. The van der Waals surface area contributed by atoms with Crippen LogP contribution in [0.15, 0.2) is 12.1 Å². The van der Waals surface area contributed by atoms with E-state index in [1.807, 2.05) is 0 Å². The summed E-state index contributed by atoms with van der Waals surface area (Å²) >= 11 is 11.6. The minimum absolute atomic E-state index is 0.0419. The minimum atomic E-state index is -1.16. The Hall–Kier alpha value is -1.70. The van der Waals surface area contributed by atoms with Crippen molar-refractivity contribution in [2.24, 2.45) is 0 Å². The normalized spacial score (nSPS) is 9.47. The Morgan fingerprint density at radius 3 is 2.29 bits per heavy atom. The predicted molar refractivity (Wildman–Crippen MR) is 65.5 cm³/mol. The predicted octanol–water partition coefficient (Wildman–Crippen LogP) is 2.65. The number of halogens is 2. The lowest BCUT2D eigenvalue weighted by molar-refractivity contribution is -0.115. The average Bonchev–Trinajstić information content (AvgIpc) is 2.23. The highest BCUT2D eigenvalue weighted by atomic mass is 35.5. The summed E-state index contributed by atoms with van der Waals surface area (Å²) in [7, 11) is 0. The Morgan fingerprint density at radius 1 is 1.35 bits per heavy atom. The molecule has 0 unspecified atom stereocenters. The van der Waals surface area contributed by atoms with Gasteiger partial charge in [0.05, 0.1) is 27.7 Å². The van der Waals surface area contributed by atoms with Crippen LogP contribution >= 0.6 is 23.2 Å². The van der Waals surface area contributed by atoms with E-state index in [1.54, 1.807) is 0 Å². The van der Waals surface area contributed by atoms with Crippen molar-refractivity contribution < 1.29 is 14.7 Å². The number of terminal acetylenes is 1. The molecule has 2 N–H and O–H groups in total. The number of hydrogen-bond acceptors (Lipinski definition) is 2. The molecule has 1 aromatic rings. The Bertz CT molecular complexity index is 497. The topological polar surface area (TPSA) is 66.4 Å². The molecule has 1 aromatic carbocycles. The number of rotatable bonds is 3. The van der Waals surface area contributed by atoms with Crippen molar-refractivity contribution in [1.82, 2.24) is 0 Å². The lowest BCUT2D eigenvalue weighted by atomic mass is 10.2. The molecule has 0 spiro atoms. The molecule has 0 fully saturated rings. The van der Waals surface area contributed by atoms with Gasteiger partial charge in [0, 0.05) is 0 Å². The maximum absolute atomic E-state index is 11.2. The Labute approximate surface area is 108 Å². The average molecular weight is 272 g/mol. The van der Waals surface area contributed by atoms with Crippen LogP contribution in [0.25, 0.3) is 0 Å². The van der Waals surface area contributed by atoms with Gasteiger partial charge in [-0.25, -0.2) is 4.79 Å². The van der Waals surface area contributed by atoms with E-state index in [9.17, 15) is 9.59 Å². The number of hydrogen-bond donors (Lipinski definition) is 2. The minimum Gasteiger partial charge on any atom is -0.478 e. The SMILES string of the molecule is C#CCC(=O)Nc1c(Cl)cc(C(=O)O)cc1Cl. The van der Waals surface area contributed by atoms with Crippen LogP contribution in [0, 0.1) is 12.3 Å². The van der Waals surface area contributed by atoms with E-state index in [4.69, 9.17) is 34.7 Å². The maximum Gasteiger partial charge on any atom is 0.335 e. The number of carbonyl (C=O) groups excluding carboxylic acids is 1. The fourth-order valence-corrected chi connectivity index (χ4v) is 1.67. The summed E-state index contributed by atoms with van der Waals surface area (Å²) < 4.78 is 0. The maximum atomic E-state index is 11.2. The standard InChI is InChI=1S/C11H7Cl2NO3/c1-2-3-9(15)14-10-7(12)4-6(11(16)17)5-8(10)13/h1,4-5H,3H2,(H,14,15)(H,16,17). The first-order valence-electron chi connectivity index (χ1n) is 4.41. The van der Waals surface area contributed by atoms with Crippen LogP contribution in [0.2, 0.25) is 10.0 Å². The number of aromatic carboxylic acids is 1. The zero-order valence-corrected chi connectivity index (χ0v) is 9.97. The summed E-state index contributed by atoms with van der Waals surface area (Å²) in [5.41, 5.74) is 0.0912. The Kier molecular flexibility index (Phi) is 4.38. The zero-order chi connectivity index (χ0) is 13.0. The molecular weight excluding hydrogens is 265 g/mol. The molecule has 0 aliphatic heterocycles. The summed E-state index contributed by atoms with van der Waals surface area (Å²) in [6, 6.07) is 2.39. The highest BCUT2D eigenvalue weighted by Crippen LogP contribution is 2.31. The van der Waals surface area contributed by atoms with Crippen molar-refractivity contribution in [1.29, 1.82) is 0 Å². The van der Waals surface area contributed by atoms with E-state index in [1.165, 1.54) is 12.1 Å². The van der Waals surface area contributed by atoms with Crippen molar-refractivity contribution in [3.05, 3.63) is 27.7 Å². The smallest absolute Gasteiger partial charge is 0.335 e. The van der Waals surface area contributed by atoms with Crippen LogP contribution in [0.4, 0.5) is 5.69 Å². The fraction of sp³-hybridized carbons (Fsp3) is 0.0909. The molecule has 0 saturated heterocycles. The number of nitrogens with one attached hydrogen (secondary N) is 1. The van der Waals surface area contributed by atoms with Crippen LogP contribution in [0.3, 0.4) is 0 Å². The number of carboxylic acids is 1. The summed E-state index contributed by atoms with van der Waals surface area (Å²) in [6.45, 7) is 0. The van der Waals surface area contributed by atoms with E-state index < -0.39 is 11.9 Å². The monoisotopic (exact) mass is 271 g/mol. The van der Waals surface area contributed by atoms with Gasteiger partial charge >= 0.3 is 5.97 Å². The van der Waals surface area contributed by atoms with Gasteiger partial charge in [-0.2, -0.15) is 0 Å². The summed E-state index contributed by atoms with van der Waals surface area (Å²) in [5, 5.41) is 11.3. The van der Waals surface area contributed by atoms with Gasteiger partial charge < -0.3 is 10.4 Å². The number of anilines is 1. The van der Waals surface area contributed by atoms with Gasteiger partial charge in [-0.1, -0.05) is 29.1 Å². The first-order valence-corrected chi connectivity index (χ1v) is 5.17. The van der Waals surface area contributed by atoms with Crippen LogP contribution in [0.5, 0.6) is 0 Å². The second-order valence-corrected chi connectivity index (χ2v) is 3.86. The number of amides is 1. The molecule has 0 saturated carbocycles. The number of carboxylic acid groups (broad SMARTS) is 1. The Balaban J connectivity index is 3.07. The molecule has 6 heteroatoms. The third kappa shape index (κ3) is 3.38. The lowest BCUT2D eigenvalue weighted by Crippen LogP contribution is -2.11. The van der Waals surface area contributed by atoms with Gasteiger partial charge in [-0.15, -0.1) is 6.42 Å². The van der Waals surface area contributed by atoms with Gasteiger partial charge in [-0.05, 0) is 12.1 Å². The molecule has 1 rings (SSSR count). The third-order valence-corrected chi connectivity index (χ3v) is 2.41. The van der Waals surface area contributed by atoms with Crippen LogP contribution in [-0.4, -0.2) is 17.0 Å². The van der Waals surface area contributed by atoms with Crippen LogP contribution in [0.1, 0.15) is 16.8 Å². The van der Waals surface area contributed by atoms with Crippen LogP contribution in [-0.2, 0) is 4.79 Å². The highest BCUT2D eigenvalue weighted by Gasteiger charge is 2.13. The molecule has 17 heavy (non-hydrogen) atoms. The van der Waals surface area contributed by atoms with Gasteiger partial charge in [0.15, 0.2) is 0 Å².